The highest BCUT2D eigenvalue weighted by molar-refractivity contribution is 14.1. The van der Waals surface area contributed by atoms with Crippen LogP contribution in [-0.4, -0.2) is 22.6 Å². The molecule has 0 aliphatic rings. The van der Waals surface area contributed by atoms with Crippen molar-refractivity contribution in [3.63, 3.8) is 0 Å². The van der Waals surface area contributed by atoms with E-state index in [0.717, 1.165) is 3.57 Å². The molecule has 1 aromatic carbocycles. The largest absolute Gasteiger partial charge is 0.480 e. The number of carbonyl (C=O) groups excluding carboxylic acids is 1. The number of anilines is 1. The number of rotatable bonds is 5. The fourth-order valence-corrected chi connectivity index (χ4v) is 2.62. The van der Waals surface area contributed by atoms with Gasteiger partial charge in [0.15, 0.2) is 0 Å². The fraction of sp³-hybridized carbons (Fsp3) is 0.385. The van der Waals surface area contributed by atoms with E-state index >= 15 is 0 Å². The number of aliphatic carboxylic acids is 1. The first-order valence-corrected chi connectivity index (χ1v) is 7.52. The summed E-state index contributed by atoms with van der Waals surface area (Å²) in [6.07, 6.45) is 0.990. The van der Waals surface area contributed by atoms with E-state index in [1.807, 2.05) is 6.92 Å². The maximum absolute atomic E-state index is 11.9. The fourth-order valence-electron chi connectivity index (χ4n) is 1.72. The molecule has 1 aromatic rings. The molecule has 0 radical (unpaired) electrons. The van der Waals surface area contributed by atoms with Crippen LogP contribution >= 0.6 is 34.2 Å². The van der Waals surface area contributed by atoms with Crippen LogP contribution < -0.4 is 10.6 Å². The van der Waals surface area contributed by atoms with Crippen LogP contribution in [0.3, 0.4) is 0 Å². The van der Waals surface area contributed by atoms with Crippen molar-refractivity contribution in [3.8, 4) is 0 Å². The Bertz CT molecular complexity index is 524. The first-order valence-electron chi connectivity index (χ1n) is 6.06. The van der Waals surface area contributed by atoms with E-state index in [-0.39, 0.29) is 0 Å². The third-order valence-electron chi connectivity index (χ3n) is 2.79. The molecule has 0 saturated carbocycles. The molecular weight excluding hydrogens is 395 g/mol. The number of benzene rings is 1. The number of nitrogens with one attached hydrogen (secondary N) is 2. The van der Waals surface area contributed by atoms with Crippen LogP contribution in [-0.2, 0) is 4.79 Å². The summed E-state index contributed by atoms with van der Waals surface area (Å²) in [5, 5.41) is 14.6. The SMILES string of the molecule is CCCC(C)(NC(=O)Nc1ccc(I)cc1Cl)C(=O)O. The second kappa shape index (κ2) is 7.12. The Morgan fingerprint density at radius 1 is 1.45 bits per heavy atom. The summed E-state index contributed by atoms with van der Waals surface area (Å²) in [7, 11) is 0. The Morgan fingerprint density at radius 2 is 2.10 bits per heavy atom. The van der Waals surface area contributed by atoms with Gasteiger partial charge in [0.2, 0.25) is 0 Å². The van der Waals surface area contributed by atoms with E-state index < -0.39 is 17.5 Å². The lowest BCUT2D eigenvalue weighted by Gasteiger charge is -2.25. The Morgan fingerprint density at radius 3 is 2.60 bits per heavy atom. The van der Waals surface area contributed by atoms with Crippen LogP contribution in [0.4, 0.5) is 10.5 Å². The molecule has 3 N–H and O–H groups in total. The van der Waals surface area contributed by atoms with E-state index in [1.54, 1.807) is 18.2 Å². The molecule has 20 heavy (non-hydrogen) atoms. The van der Waals surface area contributed by atoms with E-state index in [4.69, 9.17) is 11.6 Å². The van der Waals surface area contributed by atoms with Crippen molar-refractivity contribution in [2.24, 2.45) is 0 Å². The Labute approximate surface area is 136 Å². The monoisotopic (exact) mass is 410 g/mol. The van der Waals surface area contributed by atoms with Gasteiger partial charge in [-0.25, -0.2) is 9.59 Å². The smallest absolute Gasteiger partial charge is 0.329 e. The molecule has 0 aliphatic carbocycles. The summed E-state index contributed by atoms with van der Waals surface area (Å²) in [6, 6.07) is 4.58. The van der Waals surface area contributed by atoms with E-state index in [0.29, 0.717) is 23.6 Å². The molecule has 7 heteroatoms. The average molecular weight is 411 g/mol. The van der Waals surface area contributed by atoms with Gasteiger partial charge in [-0.2, -0.15) is 0 Å². The first-order chi connectivity index (χ1) is 9.28. The van der Waals surface area contributed by atoms with E-state index in [1.165, 1.54) is 6.92 Å². The van der Waals surface area contributed by atoms with E-state index in [9.17, 15) is 14.7 Å². The van der Waals surface area contributed by atoms with Gasteiger partial charge in [0.1, 0.15) is 5.54 Å². The molecule has 0 aromatic heterocycles. The zero-order chi connectivity index (χ0) is 15.3. The molecule has 110 valence electrons. The number of hydrogen-bond donors (Lipinski definition) is 3. The lowest BCUT2D eigenvalue weighted by Crippen LogP contribution is -2.53. The predicted molar refractivity (Wildman–Crippen MR) is 87.3 cm³/mol. The minimum Gasteiger partial charge on any atom is -0.480 e. The number of urea groups is 1. The van der Waals surface area contributed by atoms with Crippen molar-refractivity contribution in [1.29, 1.82) is 0 Å². The number of carboxylic acids is 1. The highest BCUT2D eigenvalue weighted by Crippen LogP contribution is 2.24. The molecule has 1 rings (SSSR count). The maximum atomic E-state index is 11.9. The molecule has 0 aliphatic heterocycles. The van der Waals surface area contributed by atoms with Gasteiger partial charge in [-0.15, -0.1) is 0 Å². The van der Waals surface area contributed by atoms with Gasteiger partial charge < -0.3 is 15.7 Å². The van der Waals surface area contributed by atoms with Crippen molar-refractivity contribution in [2.45, 2.75) is 32.2 Å². The van der Waals surface area contributed by atoms with Crippen molar-refractivity contribution in [3.05, 3.63) is 26.8 Å². The van der Waals surface area contributed by atoms with Crippen LogP contribution in [0.25, 0.3) is 0 Å². The van der Waals surface area contributed by atoms with Gasteiger partial charge in [0.25, 0.3) is 0 Å². The average Bonchev–Trinajstić information content (AvgIpc) is 2.32. The van der Waals surface area contributed by atoms with Crippen molar-refractivity contribution >= 4 is 51.9 Å². The molecule has 0 heterocycles. The standard InChI is InChI=1S/C13H16ClIN2O3/c1-3-6-13(2,11(18)19)17-12(20)16-10-5-4-8(15)7-9(10)14/h4-5,7H,3,6H2,1-2H3,(H,18,19)(H2,16,17,20). The molecular formula is C13H16ClIN2O3. The molecule has 1 atom stereocenters. The van der Waals surface area contributed by atoms with Gasteiger partial charge in [-0.3, -0.25) is 0 Å². The first kappa shape index (κ1) is 17.0. The summed E-state index contributed by atoms with van der Waals surface area (Å²) in [5.74, 6) is -1.07. The van der Waals surface area contributed by atoms with Crippen molar-refractivity contribution in [2.75, 3.05) is 5.32 Å². The predicted octanol–water partition coefficient (Wildman–Crippen LogP) is 3.71. The summed E-state index contributed by atoms with van der Waals surface area (Å²) in [5.41, 5.74) is -0.858. The van der Waals surface area contributed by atoms with Crippen LogP contribution in [0, 0.1) is 3.57 Å². The third-order valence-corrected chi connectivity index (χ3v) is 3.77. The van der Waals surface area contributed by atoms with Gasteiger partial charge in [0.05, 0.1) is 10.7 Å². The summed E-state index contributed by atoms with van der Waals surface area (Å²) < 4.78 is 0.944. The number of carboxylic acid groups (broad SMARTS) is 1. The molecule has 0 fully saturated rings. The molecule has 0 bridgehead atoms. The van der Waals surface area contributed by atoms with Crippen LogP contribution in [0.1, 0.15) is 26.7 Å². The van der Waals surface area contributed by atoms with Gasteiger partial charge >= 0.3 is 12.0 Å². The van der Waals surface area contributed by atoms with Gasteiger partial charge in [-0.05, 0) is 54.1 Å². The summed E-state index contributed by atoms with van der Waals surface area (Å²) >= 11 is 8.11. The number of halogens is 2. The third kappa shape index (κ3) is 4.52. The highest BCUT2D eigenvalue weighted by Gasteiger charge is 2.33. The zero-order valence-electron chi connectivity index (χ0n) is 11.2. The van der Waals surface area contributed by atoms with Crippen LogP contribution in [0.15, 0.2) is 18.2 Å². The second-order valence-electron chi connectivity index (χ2n) is 4.59. The molecule has 2 amide bonds. The lowest BCUT2D eigenvalue weighted by molar-refractivity contribution is -0.143. The topological polar surface area (TPSA) is 78.4 Å². The number of carbonyl (C=O) groups is 2. The molecule has 5 nitrogen and oxygen atoms in total. The van der Waals surface area contributed by atoms with Gasteiger partial charge in [-0.1, -0.05) is 24.9 Å². The Balaban J connectivity index is 2.78. The number of amides is 2. The van der Waals surface area contributed by atoms with Gasteiger partial charge in [0, 0.05) is 3.57 Å². The minimum absolute atomic E-state index is 0.343. The maximum Gasteiger partial charge on any atom is 0.329 e. The van der Waals surface area contributed by atoms with Crippen molar-refractivity contribution in [1.82, 2.24) is 5.32 Å². The highest BCUT2D eigenvalue weighted by atomic mass is 127. The summed E-state index contributed by atoms with van der Waals surface area (Å²) in [4.78, 5) is 23.1. The van der Waals surface area contributed by atoms with Crippen molar-refractivity contribution < 1.29 is 14.7 Å². The molecule has 0 spiro atoms. The zero-order valence-corrected chi connectivity index (χ0v) is 14.1. The van der Waals surface area contributed by atoms with E-state index in [2.05, 4.69) is 33.2 Å². The normalized spacial score (nSPS) is 13.4. The van der Waals surface area contributed by atoms with Crippen LogP contribution in [0.5, 0.6) is 0 Å². The lowest BCUT2D eigenvalue weighted by atomic mass is 9.97. The minimum atomic E-state index is -1.30. The molecule has 0 saturated heterocycles. The summed E-state index contributed by atoms with van der Waals surface area (Å²) in [6.45, 7) is 3.34. The quantitative estimate of drug-likeness (QED) is 0.648. The van der Waals surface area contributed by atoms with Crippen LogP contribution in [0.2, 0.25) is 5.02 Å². The Hall–Kier alpha value is -1.02. The second-order valence-corrected chi connectivity index (χ2v) is 6.24. The number of hydrogen-bond acceptors (Lipinski definition) is 2. The molecule has 1 unspecified atom stereocenters. The Kier molecular flexibility index (Phi) is 6.07.